The molecule has 21 heavy (non-hydrogen) atoms. The van der Waals surface area contributed by atoms with E-state index in [-0.39, 0.29) is 23.6 Å². The predicted octanol–water partition coefficient (Wildman–Crippen LogP) is 1.92. The predicted molar refractivity (Wildman–Crippen MR) is 78.8 cm³/mol. The summed E-state index contributed by atoms with van der Waals surface area (Å²) in [6.07, 6.45) is 0.996. The molecule has 0 aliphatic heterocycles. The first-order valence-corrected chi connectivity index (χ1v) is 8.20. The fourth-order valence-corrected chi connectivity index (χ4v) is 2.58. The average molecular weight is 313 g/mol. The largest absolute Gasteiger partial charge is 0.481 e. The summed E-state index contributed by atoms with van der Waals surface area (Å²) in [4.78, 5) is 22.7. The van der Waals surface area contributed by atoms with Crippen LogP contribution in [0.15, 0.2) is 29.2 Å². The minimum absolute atomic E-state index is 0.0302. The summed E-state index contributed by atoms with van der Waals surface area (Å²) >= 11 is 0. The molecule has 2 N–H and O–H groups in total. The van der Waals surface area contributed by atoms with Gasteiger partial charge in [0.1, 0.15) is 0 Å². The topological polar surface area (TPSA) is 101 Å². The summed E-state index contributed by atoms with van der Waals surface area (Å²) in [5.74, 6) is -1.32. The number of benzene rings is 1. The molecule has 0 radical (unpaired) electrons. The number of anilines is 1. The van der Waals surface area contributed by atoms with Crippen LogP contribution in [0.1, 0.15) is 26.7 Å². The zero-order valence-electron chi connectivity index (χ0n) is 12.2. The van der Waals surface area contributed by atoms with Crippen molar-refractivity contribution in [3.05, 3.63) is 24.3 Å². The van der Waals surface area contributed by atoms with Crippen LogP contribution in [-0.4, -0.2) is 31.7 Å². The molecule has 116 valence electrons. The molecule has 1 aromatic rings. The highest BCUT2D eigenvalue weighted by Crippen LogP contribution is 2.26. The summed E-state index contributed by atoms with van der Waals surface area (Å²) in [7, 11) is -3.34. The summed E-state index contributed by atoms with van der Waals surface area (Å²) in [5, 5.41) is 11.4. The molecule has 7 heteroatoms. The molecule has 6 nitrogen and oxygen atoms in total. The van der Waals surface area contributed by atoms with Crippen LogP contribution in [0, 0.1) is 5.41 Å². The molecule has 0 aliphatic rings. The third kappa shape index (κ3) is 5.95. The van der Waals surface area contributed by atoms with Crippen molar-refractivity contribution in [3.8, 4) is 0 Å². The Kier molecular flexibility index (Phi) is 5.11. The van der Waals surface area contributed by atoms with Crippen LogP contribution in [0.2, 0.25) is 0 Å². The van der Waals surface area contributed by atoms with Gasteiger partial charge in [-0.05, 0) is 23.6 Å². The van der Waals surface area contributed by atoms with E-state index in [1.807, 2.05) is 0 Å². The van der Waals surface area contributed by atoms with Gasteiger partial charge in [-0.25, -0.2) is 8.42 Å². The second-order valence-corrected chi connectivity index (χ2v) is 7.78. The Morgan fingerprint density at radius 1 is 1.24 bits per heavy atom. The Bertz CT molecular complexity index is 649. The Morgan fingerprint density at radius 2 is 1.86 bits per heavy atom. The Balaban J connectivity index is 2.78. The maximum absolute atomic E-state index is 11.9. The molecular formula is C14H19NO5S. The first-order chi connectivity index (χ1) is 9.49. The molecule has 0 fully saturated rings. The number of sulfone groups is 1. The molecule has 0 heterocycles. The summed E-state index contributed by atoms with van der Waals surface area (Å²) < 4.78 is 22.9. The fourth-order valence-electron chi connectivity index (χ4n) is 1.92. The van der Waals surface area contributed by atoms with Crippen molar-refractivity contribution < 1.29 is 23.1 Å². The summed E-state index contributed by atoms with van der Waals surface area (Å²) in [6, 6.07) is 5.93. The number of amides is 1. The van der Waals surface area contributed by atoms with Gasteiger partial charge in [-0.15, -0.1) is 0 Å². The lowest BCUT2D eigenvalue weighted by Crippen LogP contribution is -2.24. The molecule has 1 rings (SSSR count). The lowest BCUT2D eigenvalue weighted by molar-refractivity contribution is -0.139. The van der Waals surface area contributed by atoms with Crippen LogP contribution in [0.4, 0.5) is 5.69 Å². The van der Waals surface area contributed by atoms with E-state index in [1.165, 1.54) is 18.2 Å². The van der Waals surface area contributed by atoms with E-state index in [2.05, 4.69) is 5.32 Å². The minimum atomic E-state index is -3.34. The lowest BCUT2D eigenvalue weighted by atomic mass is 9.85. The molecule has 0 saturated carbocycles. The molecule has 0 atom stereocenters. The van der Waals surface area contributed by atoms with Gasteiger partial charge < -0.3 is 10.4 Å². The van der Waals surface area contributed by atoms with Crippen molar-refractivity contribution >= 4 is 27.4 Å². The number of hydrogen-bond acceptors (Lipinski definition) is 4. The van der Waals surface area contributed by atoms with Gasteiger partial charge in [0, 0.05) is 18.4 Å². The van der Waals surface area contributed by atoms with Gasteiger partial charge in [0.15, 0.2) is 9.84 Å². The zero-order valence-corrected chi connectivity index (χ0v) is 13.0. The molecule has 0 aromatic heterocycles. The first-order valence-electron chi connectivity index (χ1n) is 6.31. The molecule has 0 bridgehead atoms. The molecule has 0 aliphatic carbocycles. The number of carboxylic acids is 1. The number of carbonyl (C=O) groups excluding carboxylic acids is 1. The highest BCUT2D eigenvalue weighted by molar-refractivity contribution is 7.90. The van der Waals surface area contributed by atoms with Crippen LogP contribution in [0.3, 0.4) is 0 Å². The highest BCUT2D eigenvalue weighted by Gasteiger charge is 2.25. The third-order valence-corrected chi connectivity index (χ3v) is 3.93. The van der Waals surface area contributed by atoms with E-state index in [0.29, 0.717) is 5.69 Å². The second kappa shape index (κ2) is 6.26. The van der Waals surface area contributed by atoms with Crippen LogP contribution < -0.4 is 5.32 Å². The van der Waals surface area contributed by atoms with Crippen molar-refractivity contribution in [1.29, 1.82) is 0 Å². The van der Waals surface area contributed by atoms with Crippen molar-refractivity contribution in [2.24, 2.45) is 5.41 Å². The lowest BCUT2D eigenvalue weighted by Gasteiger charge is -2.21. The van der Waals surface area contributed by atoms with E-state index in [4.69, 9.17) is 5.11 Å². The number of carboxylic acid groups (broad SMARTS) is 1. The van der Waals surface area contributed by atoms with E-state index < -0.39 is 21.2 Å². The molecule has 0 unspecified atom stereocenters. The normalized spacial score (nSPS) is 12.0. The molecule has 0 saturated heterocycles. The van der Waals surface area contributed by atoms with E-state index in [1.54, 1.807) is 19.9 Å². The van der Waals surface area contributed by atoms with E-state index >= 15 is 0 Å². The average Bonchev–Trinajstić information content (AvgIpc) is 2.24. The molecule has 1 aromatic carbocycles. The summed E-state index contributed by atoms with van der Waals surface area (Å²) in [5.41, 5.74) is -0.307. The van der Waals surface area contributed by atoms with Crippen LogP contribution in [-0.2, 0) is 19.4 Å². The van der Waals surface area contributed by atoms with E-state index in [9.17, 15) is 18.0 Å². The molecule has 0 spiro atoms. The van der Waals surface area contributed by atoms with Crippen LogP contribution in [0.25, 0.3) is 0 Å². The van der Waals surface area contributed by atoms with Crippen molar-refractivity contribution in [2.45, 2.75) is 31.6 Å². The highest BCUT2D eigenvalue weighted by atomic mass is 32.2. The Morgan fingerprint density at radius 3 is 2.38 bits per heavy atom. The van der Waals surface area contributed by atoms with Gasteiger partial charge in [-0.2, -0.15) is 0 Å². The monoisotopic (exact) mass is 313 g/mol. The second-order valence-electron chi connectivity index (χ2n) is 5.76. The van der Waals surface area contributed by atoms with Crippen LogP contribution >= 0.6 is 0 Å². The maximum Gasteiger partial charge on any atom is 0.303 e. The zero-order chi connectivity index (χ0) is 16.3. The number of nitrogens with one attached hydrogen (secondary N) is 1. The Labute approximate surface area is 124 Å². The van der Waals surface area contributed by atoms with Gasteiger partial charge in [0.05, 0.1) is 11.3 Å². The van der Waals surface area contributed by atoms with Gasteiger partial charge >= 0.3 is 5.97 Å². The first kappa shape index (κ1) is 17.2. The number of hydrogen-bond donors (Lipinski definition) is 2. The van der Waals surface area contributed by atoms with Gasteiger partial charge in [0.25, 0.3) is 0 Å². The smallest absolute Gasteiger partial charge is 0.303 e. The molecule has 1 amide bonds. The quantitative estimate of drug-likeness (QED) is 0.835. The number of aliphatic carboxylic acids is 1. The van der Waals surface area contributed by atoms with Gasteiger partial charge in [-0.1, -0.05) is 19.9 Å². The van der Waals surface area contributed by atoms with Crippen LogP contribution in [0.5, 0.6) is 0 Å². The molecular weight excluding hydrogens is 294 g/mol. The van der Waals surface area contributed by atoms with Gasteiger partial charge in [0.2, 0.25) is 5.91 Å². The van der Waals surface area contributed by atoms with Gasteiger partial charge in [-0.3, -0.25) is 9.59 Å². The third-order valence-electron chi connectivity index (χ3n) is 2.81. The SMILES string of the molecule is CC(C)(CC(=O)O)CC(=O)Nc1cccc(S(C)(=O)=O)c1. The number of rotatable bonds is 6. The van der Waals surface area contributed by atoms with Crippen molar-refractivity contribution in [1.82, 2.24) is 0 Å². The maximum atomic E-state index is 11.9. The summed E-state index contributed by atoms with van der Waals surface area (Å²) in [6.45, 7) is 3.38. The van der Waals surface area contributed by atoms with Crippen molar-refractivity contribution in [2.75, 3.05) is 11.6 Å². The van der Waals surface area contributed by atoms with Crippen molar-refractivity contribution in [3.63, 3.8) is 0 Å². The standard InChI is InChI=1S/C14H19NO5S/c1-14(2,9-13(17)18)8-12(16)15-10-5-4-6-11(7-10)21(3,19)20/h4-7H,8-9H2,1-3H3,(H,15,16)(H,17,18). The number of carbonyl (C=O) groups is 2. The fraction of sp³-hybridized carbons (Fsp3) is 0.429. The Hall–Kier alpha value is -1.89. The minimum Gasteiger partial charge on any atom is -0.481 e. The van der Waals surface area contributed by atoms with E-state index in [0.717, 1.165) is 6.26 Å².